The lowest BCUT2D eigenvalue weighted by molar-refractivity contribution is -0.127. The summed E-state index contributed by atoms with van der Waals surface area (Å²) in [5.74, 6) is 0.562. The van der Waals surface area contributed by atoms with E-state index in [1.165, 1.54) is 0 Å². The molecular formula is C22H23NO3. The van der Waals surface area contributed by atoms with Crippen molar-refractivity contribution in [3.63, 3.8) is 0 Å². The van der Waals surface area contributed by atoms with Gasteiger partial charge in [-0.2, -0.15) is 0 Å². The summed E-state index contributed by atoms with van der Waals surface area (Å²) >= 11 is 0. The summed E-state index contributed by atoms with van der Waals surface area (Å²) in [6.07, 6.45) is -0.574. The van der Waals surface area contributed by atoms with Gasteiger partial charge in [-0.25, -0.2) is 0 Å². The Morgan fingerprint density at radius 3 is 2.54 bits per heavy atom. The van der Waals surface area contributed by atoms with Crippen LogP contribution < -0.4 is 10.1 Å². The third-order valence-electron chi connectivity index (χ3n) is 4.08. The molecule has 0 aliphatic heterocycles. The molecule has 1 N–H and O–H groups in total. The lowest BCUT2D eigenvalue weighted by Gasteiger charge is -2.16. The molecule has 3 rings (SSSR count). The van der Waals surface area contributed by atoms with E-state index in [9.17, 15) is 4.79 Å². The van der Waals surface area contributed by atoms with Gasteiger partial charge in [0, 0.05) is 11.9 Å². The Labute approximate surface area is 153 Å². The number of amides is 1. The Morgan fingerprint density at radius 1 is 0.962 bits per heavy atom. The van der Waals surface area contributed by atoms with Crippen LogP contribution in [0.3, 0.4) is 0 Å². The lowest BCUT2D eigenvalue weighted by Crippen LogP contribution is -2.38. The van der Waals surface area contributed by atoms with Crippen LogP contribution in [-0.2, 0) is 16.1 Å². The summed E-state index contributed by atoms with van der Waals surface area (Å²) in [4.78, 5) is 12.2. The molecule has 3 aromatic rings. The number of hydrogen-bond donors (Lipinski definition) is 1. The maximum Gasteiger partial charge on any atom is 0.260 e. The molecule has 4 heteroatoms. The molecule has 1 atom stereocenters. The van der Waals surface area contributed by atoms with Crippen LogP contribution in [0.25, 0.3) is 10.8 Å². The quantitative estimate of drug-likeness (QED) is 0.627. The van der Waals surface area contributed by atoms with Gasteiger partial charge in [0.05, 0.1) is 13.2 Å². The van der Waals surface area contributed by atoms with Crippen LogP contribution in [0.5, 0.6) is 5.75 Å². The molecule has 0 saturated heterocycles. The molecule has 0 unspecified atom stereocenters. The predicted molar refractivity (Wildman–Crippen MR) is 103 cm³/mol. The first kappa shape index (κ1) is 18.0. The van der Waals surface area contributed by atoms with Gasteiger partial charge in [0.25, 0.3) is 5.91 Å². The first-order valence-corrected chi connectivity index (χ1v) is 8.78. The van der Waals surface area contributed by atoms with Crippen LogP contribution in [-0.4, -0.2) is 25.2 Å². The number of carbonyl (C=O) groups excluding carboxylic acids is 1. The summed E-state index contributed by atoms with van der Waals surface area (Å²) in [5, 5.41) is 4.94. The van der Waals surface area contributed by atoms with Gasteiger partial charge in [0.15, 0.2) is 6.10 Å². The fraction of sp³-hybridized carbons (Fsp3) is 0.227. The van der Waals surface area contributed by atoms with Gasteiger partial charge in [-0.15, -0.1) is 0 Å². The topological polar surface area (TPSA) is 47.6 Å². The zero-order chi connectivity index (χ0) is 18.2. The number of ether oxygens (including phenoxy) is 2. The zero-order valence-corrected chi connectivity index (χ0v) is 14.9. The maximum atomic E-state index is 12.2. The standard InChI is InChI=1S/C22H23NO3/c1-17(26-21-13-7-11-19-10-5-6-12-20(19)21)22(24)23-14-15-25-16-18-8-3-2-4-9-18/h2-13,17H,14-16H2,1H3,(H,23,24)/t17-/m0/s1. The minimum absolute atomic E-state index is 0.152. The van der Waals surface area contributed by atoms with Crippen LogP contribution >= 0.6 is 0 Å². The van der Waals surface area contributed by atoms with E-state index in [4.69, 9.17) is 9.47 Å². The average Bonchev–Trinajstić information content (AvgIpc) is 2.68. The second kappa shape index (κ2) is 9.02. The molecule has 1 amide bonds. The SMILES string of the molecule is C[C@H](Oc1cccc2ccccc12)C(=O)NCCOCc1ccccc1. The molecule has 4 nitrogen and oxygen atoms in total. The summed E-state index contributed by atoms with van der Waals surface area (Å²) in [5.41, 5.74) is 1.12. The van der Waals surface area contributed by atoms with Crippen LogP contribution in [0, 0.1) is 0 Å². The van der Waals surface area contributed by atoms with Crippen LogP contribution in [0.2, 0.25) is 0 Å². The Morgan fingerprint density at radius 2 is 1.69 bits per heavy atom. The van der Waals surface area contributed by atoms with Crippen molar-refractivity contribution in [3.05, 3.63) is 78.4 Å². The number of fused-ring (bicyclic) bond motifs is 1. The molecule has 134 valence electrons. The van der Waals surface area contributed by atoms with E-state index in [1.54, 1.807) is 6.92 Å². The number of hydrogen-bond acceptors (Lipinski definition) is 3. The highest BCUT2D eigenvalue weighted by molar-refractivity contribution is 5.89. The van der Waals surface area contributed by atoms with Crippen LogP contribution in [0.15, 0.2) is 72.8 Å². The van der Waals surface area contributed by atoms with Gasteiger partial charge in [-0.05, 0) is 23.9 Å². The molecule has 0 radical (unpaired) electrons. The molecule has 0 aromatic heterocycles. The van der Waals surface area contributed by atoms with E-state index >= 15 is 0 Å². The van der Waals surface area contributed by atoms with Crippen molar-refractivity contribution >= 4 is 16.7 Å². The number of rotatable bonds is 8. The van der Waals surface area contributed by atoms with Crippen molar-refractivity contribution in [2.45, 2.75) is 19.6 Å². The Bertz CT molecular complexity index is 843. The zero-order valence-electron chi connectivity index (χ0n) is 14.9. The van der Waals surface area contributed by atoms with E-state index in [-0.39, 0.29) is 5.91 Å². The van der Waals surface area contributed by atoms with E-state index in [2.05, 4.69) is 5.32 Å². The molecule has 26 heavy (non-hydrogen) atoms. The minimum Gasteiger partial charge on any atom is -0.480 e. The molecule has 0 heterocycles. The molecule has 0 bridgehead atoms. The summed E-state index contributed by atoms with van der Waals surface area (Å²) in [7, 11) is 0. The number of benzene rings is 3. The van der Waals surface area contributed by atoms with E-state index in [1.807, 2.05) is 72.8 Å². The minimum atomic E-state index is -0.574. The monoisotopic (exact) mass is 349 g/mol. The Kier molecular flexibility index (Phi) is 6.23. The van der Waals surface area contributed by atoms with Crippen LogP contribution in [0.4, 0.5) is 0 Å². The van der Waals surface area contributed by atoms with Crippen LogP contribution in [0.1, 0.15) is 12.5 Å². The second-order valence-corrected chi connectivity index (χ2v) is 6.07. The summed E-state index contributed by atoms with van der Waals surface area (Å²) in [6.45, 7) is 3.21. The van der Waals surface area contributed by atoms with Gasteiger partial charge < -0.3 is 14.8 Å². The van der Waals surface area contributed by atoms with Gasteiger partial charge >= 0.3 is 0 Å². The number of carbonyl (C=O) groups is 1. The molecule has 0 spiro atoms. The van der Waals surface area contributed by atoms with Crippen molar-refractivity contribution in [1.29, 1.82) is 0 Å². The summed E-state index contributed by atoms with van der Waals surface area (Å²) in [6, 6.07) is 23.8. The van der Waals surface area contributed by atoms with Crippen molar-refractivity contribution < 1.29 is 14.3 Å². The van der Waals surface area contributed by atoms with Crippen molar-refractivity contribution in [2.75, 3.05) is 13.2 Å². The molecule has 0 aliphatic carbocycles. The highest BCUT2D eigenvalue weighted by Gasteiger charge is 2.15. The highest BCUT2D eigenvalue weighted by Crippen LogP contribution is 2.25. The molecular weight excluding hydrogens is 326 g/mol. The van der Waals surface area contributed by atoms with Crippen molar-refractivity contribution in [1.82, 2.24) is 5.32 Å². The van der Waals surface area contributed by atoms with E-state index in [0.29, 0.717) is 25.5 Å². The average molecular weight is 349 g/mol. The molecule has 0 fully saturated rings. The largest absolute Gasteiger partial charge is 0.480 e. The smallest absolute Gasteiger partial charge is 0.260 e. The lowest BCUT2D eigenvalue weighted by atomic mass is 10.1. The first-order chi connectivity index (χ1) is 12.7. The van der Waals surface area contributed by atoms with E-state index < -0.39 is 6.10 Å². The highest BCUT2D eigenvalue weighted by atomic mass is 16.5. The van der Waals surface area contributed by atoms with Crippen molar-refractivity contribution in [3.8, 4) is 5.75 Å². The van der Waals surface area contributed by atoms with Gasteiger partial charge in [-0.3, -0.25) is 4.79 Å². The first-order valence-electron chi connectivity index (χ1n) is 8.78. The van der Waals surface area contributed by atoms with Gasteiger partial charge in [0.2, 0.25) is 0 Å². The third-order valence-corrected chi connectivity index (χ3v) is 4.08. The maximum absolute atomic E-state index is 12.2. The third kappa shape index (κ3) is 4.83. The van der Waals surface area contributed by atoms with Gasteiger partial charge in [0.1, 0.15) is 5.75 Å². The second-order valence-electron chi connectivity index (χ2n) is 6.07. The fourth-order valence-electron chi connectivity index (χ4n) is 2.70. The Balaban J connectivity index is 1.44. The summed E-state index contributed by atoms with van der Waals surface area (Å²) < 4.78 is 11.4. The predicted octanol–water partition coefficient (Wildman–Crippen LogP) is 3.94. The van der Waals surface area contributed by atoms with Gasteiger partial charge in [-0.1, -0.05) is 66.7 Å². The normalized spacial score (nSPS) is 11.9. The molecule has 0 aliphatic rings. The van der Waals surface area contributed by atoms with Crippen molar-refractivity contribution in [2.24, 2.45) is 0 Å². The number of nitrogens with one attached hydrogen (secondary N) is 1. The molecule has 3 aromatic carbocycles. The Hall–Kier alpha value is -2.85. The molecule has 0 saturated carbocycles. The fourth-order valence-corrected chi connectivity index (χ4v) is 2.70. The van der Waals surface area contributed by atoms with E-state index in [0.717, 1.165) is 16.3 Å².